The number of rotatable bonds is 3. The normalized spacial score (nSPS) is 17.4. The van der Waals surface area contributed by atoms with Crippen molar-refractivity contribution in [1.82, 2.24) is 0 Å². The van der Waals surface area contributed by atoms with E-state index in [2.05, 4.69) is 20.7 Å². The van der Waals surface area contributed by atoms with Gasteiger partial charge in [-0.3, -0.25) is 10.1 Å². The van der Waals surface area contributed by atoms with Crippen molar-refractivity contribution in [3.8, 4) is 0 Å². The lowest BCUT2D eigenvalue weighted by atomic mass is 9.91. The summed E-state index contributed by atoms with van der Waals surface area (Å²) in [4.78, 5) is 24.0. The lowest BCUT2D eigenvalue weighted by Gasteiger charge is -2.37. The van der Waals surface area contributed by atoms with Crippen LogP contribution in [0.2, 0.25) is 0 Å². The molecule has 1 heterocycles. The van der Waals surface area contributed by atoms with Crippen molar-refractivity contribution in [2.45, 2.75) is 18.4 Å². The SMILES string of the molecule is COC(=O)C1(O)CCN(c2cc(Br)ccc2[N+](=O)[O-])CC1. The molecule has 0 saturated carbocycles. The van der Waals surface area contributed by atoms with Gasteiger partial charge in [-0.05, 0) is 12.1 Å². The molecule has 0 unspecified atom stereocenters. The van der Waals surface area contributed by atoms with Gasteiger partial charge in [0.1, 0.15) is 5.69 Å². The van der Waals surface area contributed by atoms with Crippen LogP contribution in [0.1, 0.15) is 12.8 Å². The molecule has 8 heteroatoms. The quantitative estimate of drug-likeness (QED) is 0.503. The molecule has 1 N–H and O–H groups in total. The van der Waals surface area contributed by atoms with E-state index in [0.717, 1.165) is 4.47 Å². The molecule has 0 atom stereocenters. The summed E-state index contributed by atoms with van der Waals surface area (Å²) in [5.74, 6) is -0.661. The fraction of sp³-hybridized carbons (Fsp3) is 0.462. The number of esters is 1. The Morgan fingerprint density at radius 3 is 2.62 bits per heavy atom. The topological polar surface area (TPSA) is 92.9 Å². The number of benzene rings is 1. The summed E-state index contributed by atoms with van der Waals surface area (Å²) in [6.45, 7) is 0.672. The average Bonchev–Trinajstić information content (AvgIpc) is 2.46. The molecular formula is C13H15BrN2O5. The average molecular weight is 359 g/mol. The maximum atomic E-state index is 11.6. The zero-order chi connectivity index (χ0) is 15.6. The molecule has 7 nitrogen and oxygen atoms in total. The van der Waals surface area contributed by atoms with Crippen LogP contribution in [0.5, 0.6) is 0 Å². The Balaban J connectivity index is 2.21. The third-order valence-corrected chi connectivity index (χ3v) is 4.12. The number of nitro groups is 1. The first-order valence-electron chi connectivity index (χ1n) is 6.37. The van der Waals surface area contributed by atoms with Crippen LogP contribution < -0.4 is 4.90 Å². The molecule has 21 heavy (non-hydrogen) atoms. The van der Waals surface area contributed by atoms with Gasteiger partial charge in [-0.15, -0.1) is 0 Å². The van der Waals surface area contributed by atoms with Gasteiger partial charge < -0.3 is 14.7 Å². The number of anilines is 1. The summed E-state index contributed by atoms with van der Waals surface area (Å²) in [7, 11) is 1.23. The number of carbonyl (C=O) groups is 1. The van der Waals surface area contributed by atoms with Gasteiger partial charge in [0.05, 0.1) is 12.0 Å². The second-order valence-electron chi connectivity index (χ2n) is 4.90. The molecule has 0 aliphatic carbocycles. The van der Waals surface area contributed by atoms with E-state index in [0.29, 0.717) is 18.8 Å². The van der Waals surface area contributed by atoms with Gasteiger partial charge in [0, 0.05) is 36.5 Å². The molecular weight excluding hydrogens is 344 g/mol. The van der Waals surface area contributed by atoms with Crippen molar-refractivity contribution in [3.05, 3.63) is 32.8 Å². The number of piperidine rings is 1. The van der Waals surface area contributed by atoms with E-state index in [-0.39, 0.29) is 18.5 Å². The Morgan fingerprint density at radius 1 is 1.48 bits per heavy atom. The summed E-state index contributed by atoms with van der Waals surface area (Å²) < 4.78 is 5.32. The Kier molecular flexibility index (Phi) is 4.48. The Hall–Kier alpha value is -1.67. The first kappa shape index (κ1) is 15.7. The van der Waals surface area contributed by atoms with Crippen LogP contribution in [0.25, 0.3) is 0 Å². The Bertz CT molecular complexity index is 570. The van der Waals surface area contributed by atoms with Gasteiger partial charge >= 0.3 is 5.97 Å². The minimum absolute atomic E-state index is 0.00158. The highest BCUT2D eigenvalue weighted by atomic mass is 79.9. The summed E-state index contributed by atoms with van der Waals surface area (Å²) in [5, 5.41) is 21.3. The predicted molar refractivity (Wildman–Crippen MR) is 79.2 cm³/mol. The molecule has 1 aromatic rings. The van der Waals surface area contributed by atoms with Gasteiger partial charge in [0.2, 0.25) is 0 Å². The molecule has 2 rings (SSSR count). The lowest BCUT2D eigenvalue weighted by Crippen LogP contribution is -2.50. The van der Waals surface area contributed by atoms with E-state index < -0.39 is 16.5 Å². The van der Waals surface area contributed by atoms with Crippen LogP contribution in [0.3, 0.4) is 0 Å². The van der Waals surface area contributed by atoms with Gasteiger partial charge in [-0.25, -0.2) is 4.79 Å². The number of hydrogen-bond acceptors (Lipinski definition) is 6. The number of halogens is 1. The van der Waals surface area contributed by atoms with Crippen LogP contribution in [0.4, 0.5) is 11.4 Å². The zero-order valence-corrected chi connectivity index (χ0v) is 13.0. The highest BCUT2D eigenvalue weighted by Gasteiger charge is 2.41. The van der Waals surface area contributed by atoms with E-state index in [9.17, 15) is 20.0 Å². The fourth-order valence-electron chi connectivity index (χ4n) is 2.42. The second-order valence-corrected chi connectivity index (χ2v) is 5.82. The standard InChI is InChI=1S/C13H15BrN2O5/c1-21-12(17)13(18)4-6-15(7-5-13)11-8-9(14)2-3-10(11)16(19)20/h2-3,8,18H,4-7H2,1H3. The van der Waals surface area contributed by atoms with Crippen molar-refractivity contribution in [3.63, 3.8) is 0 Å². The van der Waals surface area contributed by atoms with Gasteiger partial charge in [0.25, 0.3) is 5.69 Å². The van der Waals surface area contributed by atoms with Crippen LogP contribution in [-0.2, 0) is 9.53 Å². The largest absolute Gasteiger partial charge is 0.467 e. The number of carbonyl (C=O) groups excluding carboxylic acids is 1. The van der Waals surface area contributed by atoms with Crippen molar-refractivity contribution < 1.29 is 19.6 Å². The van der Waals surface area contributed by atoms with Crippen LogP contribution in [0, 0.1) is 10.1 Å². The van der Waals surface area contributed by atoms with Crippen molar-refractivity contribution >= 4 is 33.3 Å². The number of nitrogens with zero attached hydrogens (tertiary/aromatic N) is 2. The fourth-order valence-corrected chi connectivity index (χ4v) is 2.76. The maximum absolute atomic E-state index is 11.6. The van der Waals surface area contributed by atoms with E-state index in [1.165, 1.54) is 13.2 Å². The summed E-state index contributed by atoms with van der Waals surface area (Å²) in [6, 6.07) is 4.71. The molecule has 114 valence electrons. The third-order valence-electron chi connectivity index (χ3n) is 3.63. The third kappa shape index (κ3) is 3.16. The highest BCUT2D eigenvalue weighted by Crippen LogP contribution is 2.35. The van der Waals surface area contributed by atoms with E-state index in [4.69, 9.17) is 0 Å². The number of hydrogen-bond donors (Lipinski definition) is 1. The van der Waals surface area contributed by atoms with Crippen LogP contribution >= 0.6 is 15.9 Å². The van der Waals surface area contributed by atoms with Crippen molar-refractivity contribution in [1.29, 1.82) is 0 Å². The Morgan fingerprint density at radius 2 is 2.10 bits per heavy atom. The minimum atomic E-state index is -1.51. The van der Waals surface area contributed by atoms with Gasteiger partial charge in [-0.2, -0.15) is 0 Å². The maximum Gasteiger partial charge on any atom is 0.337 e. The molecule has 0 amide bonds. The molecule has 1 aliphatic heterocycles. The highest BCUT2D eigenvalue weighted by molar-refractivity contribution is 9.10. The smallest absolute Gasteiger partial charge is 0.337 e. The predicted octanol–water partition coefficient (Wildman–Crippen LogP) is 1.86. The zero-order valence-electron chi connectivity index (χ0n) is 11.4. The van der Waals surface area contributed by atoms with E-state index in [1.807, 2.05) is 0 Å². The van der Waals surface area contributed by atoms with Gasteiger partial charge in [-0.1, -0.05) is 15.9 Å². The van der Waals surface area contributed by atoms with Crippen LogP contribution in [-0.4, -0.2) is 41.8 Å². The van der Waals surface area contributed by atoms with E-state index >= 15 is 0 Å². The van der Waals surface area contributed by atoms with Gasteiger partial charge in [0.15, 0.2) is 5.60 Å². The molecule has 1 fully saturated rings. The summed E-state index contributed by atoms with van der Waals surface area (Å²) >= 11 is 3.30. The molecule has 0 spiro atoms. The second kappa shape index (κ2) is 5.98. The molecule has 1 aliphatic rings. The summed E-state index contributed by atoms with van der Waals surface area (Å²) in [5.41, 5.74) is -1.03. The number of ether oxygens (including phenoxy) is 1. The molecule has 0 radical (unpaired) electrons. The summed E-state index contributed by atoms with van der Waals surface area (Å²) in [6.07, 6.45) is 0.340. The van der Waals surface area contributed by atoms with Crippen molar-refractivity contribution in [2.24, 2.45) is 0 Å². The minimum Gasteiger partial charge on any atom is -0.467 e. The number of aliphatic hydroxyl groups is 1. The molecule has 1 saturated heterocycles. The number of nitro benzene ring substituents is 1. The first-order valence-corrected chi connectivity index (χ1v) is 7.16. The monoisotopic (exact) mass is 358 g/mol. The van der Waals surface area contributed by atoms with E-state index in [1.54, 1.807) is 17.0 Å². The first-order chi connectivity index (χ1) is 9.87. The lowest BCUT2D eigenvalue weighted by molar-refractivity contribution is -0.384. The van der Waals surface area contributed by atoms with Crippen molar-refractivity contribution in [2.75, 3.05) is 25.1 Å². The Labute approximate surface area is 129 Å². The molecule has 0 aromatic heterocycles. The number of methoxy groups -OCH3 is 1. The molecule has 1 aromatic carbocycles. The molecule has 0 bridgehead atoms. The van der Waals surface area contributed by atoms with Crippen LogP contribution in [0.15, 0.2) is 22.7 Å².